The Kier molecular flexibility index (Phi) is 4.41. The number of thiazole rings is 1. The van der Waals surface area contributed by atoms with Gasteiger partial charge in [0.15, 0.2) is 0 Å². The first-order valence-corrected chi connectivity index (χ1v) is 7.65. The van der Waals surface area contributed by atoms with Crippen molar-refractivity contribution in [1.29, 1.82) is 0 Å². The third-order valence-corrected chi connectivity index (χ3v) is 4.99. The molecule has 18 heavy (non-hydrogen) atoms. The third-order valence-electron chi connectivity index (χ3n) is 4.17. The van der Waals surface area contributed by atoms with Gasteiger partial charge in [-0.3, -0.25) is 0 Å². The molecule has 1 fully saturated rings. The number of aromatic nitrogens is 1. The molecule has 0 aliphatic heterocycles. The summed E-state index contributed by atoms with van der Waals surface area (Å²) in [4.78, 5) is 4.51. The second-order valence-electron chi connectivity index (χ2n) is 5.64. The van der Waals surface area contributed by atoms with Gasteiger partial charge >= 0.3 is 0 Å². The molecule has 1 aliphatic rings. The quantitative estimate of drug-likeness (QED) is 0.913. The first-order valence-electron chi connectivity index (χ1n) is 6.77. The second-order valence-corrected chi connectivity index (χ2v) is 6.70. The molecule has 1 aromatic heterocycles. The van der Waals surface area contributed by atoms with E-state index in [1.165, 1.54) is 12.8 Å². The third kappa shape index (κ3) is 2.92. The van der Waals surface area contributed by atoms with Crippen molar-refractivity contribution in [2.24, 2.45) is 11.7 Å². The average Bonchev–Trinajstić information content (AvgIpc) is 2.74. The summed E-state index contributed by atoms with van der Waals surface area (Å²) in [5.41, 5.74) is 7.40. The zero-order valence-corrected chi connectivity index (χ0v) is 12.4. The Hall–Kier alpha value is -0.450. The second kappa shape index (κ2) is 5.68. The van der Waals surface area contributed by atoms with Crippen molar-refractivity contribution in [1.82, 2.24) is 4.98 Å². The molecule has 1 saturated carbocycles. The van der Waals surface area contributed by atoms with Gasteiger partial charge in [0, 0.05) is 25.0 Å². The first kappa shape index (κ1) is 14.0. The van der Waals surface area contributed by atoms with Gasteiger partial charge in [-0.25, -0.2) is 4.98 Å². The minimum Gasteiger partial charge on any atom is -0.377 e. The van der Waals surface area contributed by atoms with Crippen molar-refractivity contribution in [2.75, 3.05) is 7.11 Å². The van der Waals surface area contributed by atoms with Crippen LogP contribution in [0.3, 0.4) is 0 Å². The molecule has 3 unspecified atom stereocenters. The fourth-order valence-electron chi connectivity index (χ4n) is 3.13. The summed E-state index contributed by atoms with van der Waals surface area (Å²) >= 11 is 1.69. The van der Waals surface area contributed by atoms with Crippen LogP contribution < -0.4 is 5.73 Å². The predicted octanol–water partition coefficient (Wildman–Crippen LogP) is 2.92. The van der Waals surface area contributed by atoms with Gasteiger partial charge in [-0.2, -0.15) is 0 Å². The first-order chi connectivity index (χ1) is 8.55. The maximum absolute atomic E-state index is 6.44. The van der Waals surface area contributed by atoms with Crippen LogP contribution in [0.4, 0.5) is 0 Å². The molecule has 0 amide bonds. The molecular weight excluding hydrogens is 244 g/mol. The highest BCUT2D eigenvalue weighted by Gasteiger charge is 2.40. The Balaban J connectivity index is 2.07. The van der Waals surface area contributed by atoms with E-state index >= 15 is 0 Å². The van der Waals surface area contributed by atoms with Crippen molar-refractivity contribution < 1.29 is 4.74 Å². The van der Waals surface area contributed by atoms with Crippen molar-refractivity contribution in [3.05, 3.63) is 16.1 Å². The molecule has 102 valence electrons. The van der Waals surface area contributed by atoms with E-state index in [1.54, 1.807) is 11.3 Å². The van der Waals surface area contributed by atoms with E-state index in [2.05, 4.69) is 17.3 Å². The van der Waals surface area contributed by atoms with Crippen molar-refractivity contribution >= 4 is 11.3 Å². The lowest BCUT2D eigenvalue weighted by atomic mass is 9.74. The van der Waals surface area contributed by atoms with Crippen molar-refractivity contribution in [3.63, 3.8) is 0 Å². The molecule has 0 aromatic carbocycles. The van der Waals surface area contributed by atoms with Crippen LogP contribution in [0.15, 0.2) is 5.38 Å². The number of methoxy groups -OCH3 is 1. The lowest BCUT2D eigenvalue weighted by Crippen LogP contribution is -2.53. The van der Waals surface area contributed by atoms with Gasteiger partial charge < -0.3 is 10.5 Å². The van der Waals surface area contributed by atoms with Gasteiger partial charge in [0.2, 0.25) is 0 Å². The van der Waals surface area contributed by atoms with Crippen LogP contribution in [0.2, 0.25) is 0 Å². The fourth-order valence-corrected chi connectivity index (χ4v) is 3.76. The smallest absolute Gasteiger partial charge is 0.0897 e. The van der Waals surface area contributed by atoms with Gasteiger partial charge in [-0.15, -0.1) is 11.3 Å². The number of aryl methyl sites for hydroxylation is 1. The Morgan fingerprint density at radius 3 is 3.00 bits per heavy atom. The summed E-state index contributed by atoms with van der Waals surface area (Å²) in [6.07, 6.45) is 5.50. The molecule has 2 rings (SSSR count). The lowest BCUT2D eigenvalue weighted by molar-refractivity contribution is -0.0706. The molecule has 1 aromatic rings. The number of hydrogen-bond donors (Lipinski definition) is 1. The van der Waals surface area contributed by atoms with E-state index in [4.69, 9.17) is 10.5 Å². The maximum Gasteiger partial charge on any atom is 0.0897 e. The highest BCUT2D eigenvalue weighted by molar-refractivity contribution is 7.09. The zero-order valence-electron chi connectivity index (χ0n) is 11.6. The van der Waals surface area contributed by atoms with E-state index in [9.17, 15) is 0 Å². The maximum atomic E-state index is 6.44. The van der Waals surface area contributed by atoms with E-state index < -0.39 is 0 Å². The Morgan fingerprint density at radius 2 is 2.44 bits per heavy atom. The average molecular weight is 268 g/mol. The predicted molar refractivity (Wildman–Crippen MR) is 75.9 cm³/mol. The molecular formula is C14H24N2OS. The van der Waals surface area contributed by atoms with E-state index in [0.29, 0.717) is 5.92 Å². The minimum atomic E-state index is -0.144. The highest BCUT2D eigenvalue weighted by atomic mass is 32.1. The minimum absolute atomic E-state index is 0.0479. The summed E-state index contributed by atoms with van der Waals surface area (Å²) in [7, 11) is 1.81. The molecule has 1 heterocycles. The SMILES string of the molecule is COC1(C(N)Cc2csc(C)n2)CCCC(C)C1. The van der Waals surface area contributed by atoms with Gasteiger partial charge in [0.05, 0.1) is 16.3 Å². The molecule has 0 saturated heterocycles. The molecule has 0 radical (unpaired) electrons. The van der Waals surface area contributed by atoms with Crippen molar-refractivity contribution in [3.8, 4) is 0 Å². The molecule has 1 aliphatic carbocycles. The highest BCUT2D eigenvalue weighted by Crippen LogP contribution is 2.37. The number of rotatable bonds is 4. The van der Waals surface area contributed by atoms with Crippen LogP contribution in [-0.4, -0.2) is 23.7 Å². The molecule has 3 nitrogen and oxygen atoms in total. The van der Waals surface area contributed by atoms with Gasteiger partial charge in [-0.05, 0) is 25.7 Å². The Bertz CT molecular complexity index is 393. The fraction of sp³-hybridized carbons (Fsp3) is 0.786. The van der Waals surface area contributed by atoms with Crippen LogP contribution >= 0.6 is 11.3 Å². The number of ether oxygens (including phenoxy) is 1. The summed E-state index contributed by atoms with van der Waals surface area (Å²) in [6.45, 7) is 4.33. The number of nitrogens with zero attached hydrogens (tertiary/aromatic N) is 1. The van der Waals surface area contributed by atoms with E-state index in [-0.39, 0.29) is 11.6 Å². The van der Waals surface area contributed by atoms with Gasteiger partial charge in [0.25, 0.3) is 0 Å². The Morgan fingerprint density at radius 1 is 1.67 bits per heavy atom. The summed E-state index contributed by atoms with van der Waals surface area (Å²) < 4.78 is 5.84. The summed E-state index contributed by atoms with van der Waals surface area (Å²) in [5.74, 6) is 0.710. The summed E-state index contributed by atoms with van der Waals surface area (Å²) in [5, 5.41) is 3.23. The monoisotopic (exact) mass is 268 g/mol. The van der Waals surface area contributed by atoms with Gasteiger partial charge in [0.1, 0.15) is 0 Å². The zero-order chi connectivity index (χ0) is 13.2. The molecule has 0 bridgehead atoms. The summed E-state index contributed by atoms with van der Waals surface area (Å²) in [6, 6.07) is 0.0479. The van der Waals surface area contributed by atoms with Gasteiger partial charge in [-0.1, -0.05) is 19.8 Å². The van der Waals surface area contributed by atoms with Crippen LogP contribution in [0.25, 0.3) is 0 Å². The van der Waals surface area contributed by atoms with Crippen LogP contribution in [-0.2, 0) is 11.2 Å². The normalized spacial score (nSPS) is 30.3. The molecule has 3 atom stereocenters. The molecule has 4 heteroatoms. The number of hydrogen-bond acceptors (Lipinski definition) is 4. The Labute approximate surface area is 114 Å². The lowest BCUT2D eigenvalue weighted by Gasteiger charge is -2.43. The largest absolute Gasteiger partial charge is 0.377 e. The number of nitrogens with two attached hydrogens (primary N) is 1. The van der Waals surface area contributed by atoms with Crippen LogP contribution in [0.1, 0.15) is 43.3 Å². The molecule has 0 spiro atoms. The topological polar surface area (TPSA) is 48.1 Å². The molecule has 2 N–H and O–H groups in total. The van der Waals surface area contributed by atoms with Crippen LogP contribution in [0.5, 0.6) is 0 Å². The van der Waals surface area contributed by atoms with E-state index in [0.717, 1.165) is 30.0 Å². The van der Waals surface area contributed by atoms with Crippen LogP contribution in [0, 0.1) is 12.8 Å². The standard InChI is InChI=1S/C14H24N2OS/c1-10-5-4-6-14(8-10,17-3)13(15)7-12-9-18-11(2)16-12/h9-10,13H,4-8,15H2,1-3H3. The van der Waals surface area contributed by atoms with Crippen molar-refractivity contribution in [2.45, 2.75) is 57.6 Å². The van der Waals surface area contributed by atoms with E-state index in [1.807, 2.05) is 14.0 Å².